The Bertz CT molecular complexity index is 1090. The van der Waals surface area contributed by atoms with Gasteiger partial charge in [0, 0.05) is 16.6 Å². The van der Waals surface area contributed by atoms with Crippen molar-refractivity contribution in [1.29, 1.82) is 0 Å². The van der Waals surface area contributed by atoms with Gasteiger partial charge in [-0.2, -0.15) is 0 Å². The lowest BCUT2D eigenvalue weighted by molar-refractivity contribution is -0.113. The summed E-state index contributed by atoms with van der Waals surface area (Å²) >= 11 is 19.4. The first-order chi connectivity index (χ1) is 14.8. The summed E-state index contributed by atoms with van der Waals surface area (Å²) in [6.07, 6.45) is -0.332. The lowest BCUT2D eigenvalue weighted by Gasteiger charge is -2.16. The van der Waals surface area contributed by atoms with Crippen LogP contribution < -0.4 is 10.1 Å². The number of halogens is 3. The molecule has 6 nitrogen and oxygen atoms in total. The van der Waals surface area contributed by atoms with Gasteiger partial charge in [0.1, 0.15) is 5.75 Å². The molecule has 0 fully saturated rings. The van der Waals surface area contributed by atoms with E-state index in [1.165, 1.54) is 11.8 Å². The summed E-state index contributed by atoms with van der Waals surface area (Å²) in [6, 6.07) is 10.4. The second kappa shape index (κ2) is 10.6. The molecule has 1 amide bonds. The highest BCUT2D eigenvalue weighted by atomic mass is 35.5. The number of carbonyl (C=O) groups excluding carboxylic acids is 1. The smallest absolute Gasteiger partial charge is 0.234 e. The number of hydrogen-bond acceptors (Lipinski definition) is 5. The van der Waals surface area contributed by atoms with Gasteiger partial charge in [-0.15, -0.1) is 10.2 Å². The van der Waals surface area contributed by atoms with Crippen LogP contribution in [-0.4, -0.2) is 26.4 Å². The van der Waals surface area contributed by atoms with Gasteiger partial charge in [-0.25, -0.2) is 0 Å². The maximum Gasteiger partial charge on any atom is 0.234 e. The zero-order valence-corrected chi connectivity index (χ0v) is 20.2. The number of benzene rings is 2. The normalized spacial score (nSPS) is 11.9. The van der Waals surface area contributed by atoms with Gasteiger partial charge < -0.3 is 14.6 Å². The van der Waals surface area contributed by atoms with Gasteiger partial charge in [-0.05, 0) is 62.7 Å². The van der Waals surface area contributed by atoms with Crippen molar-refractivity contribution in [2.45, 2.75) is 38.6 Å². The molecule has 164 valence electrons. The molecule has 1 aromatic heterocycles. The Kier molecular flexibility index (Phi) is 8.11. The fourth-order valence-electron chi connectivity index (χ4n) is 2.86. The molecule has 31 heavy (non-hydrogen) atoms. The highest BCUT2D eigenvalue weighted by molar-refractivity contribution is 7.99. The molecule has 0 saturated heterocycles. The number of hydrogen-bond donors (Lipinski definition) is 1. The van der Waals surface area contributed by atoms with Gasteiger partial charge in [0.2, 0.25) is 5.91 Å². The van der Waals surface area contributed by atoms with E-state index in [0.717, 1.165) is 5.56 Å². The number of ether oxygens (including phenoxy) is 1. The zero-order chi connectivity index (χ0) is 22.5. The molecule has 2 aromatic carbocycles. The largest absolute Gasteiger partial charge is 0.483 e. The number of carbonyl (C=O) groups is 1. The lowest BCUT2D eigenvalue weighted by Crippen LogP contribution is -2.15. The molecule has 0 aliphatic rings. The second-order valence-electron chi connectivity index (χ2n) is 6.72. The number of aromatic nitrogens is 3. The van der Waals surface area contributed by atoms with Crippen LogP contribution in [0.2, 0.25) is 15.1 Å². The summed E-state index contributed by atoms with van der Waals surface area (Å²) in [5, 5.41) is 13.5. The molecule has 1 atom stereocenters. The van der Waals surface area contributed by atoms with E-state index >= 15 is 0 Å². The summed E-state index contributed by atoms with van der Waals surface area (Å²) in [4.78, 5) is 12.4. The van der Waals surface area contributed by atoms with E-state index < -0.39 is 0 Å². The standard InChI is InChI=1S/C21H21Cl3N4O2S/c1-4-28-20(13(3)30-15-6-8-16(23)12(2)9-15)26-27-21(28)31-11-19(29)25-18-10-14(22)5-7-17(18)24/h5-10,13H,4,11H2,1-3H3,(H,25,29). The van der Waals surface area contributed by atoms with E-state index in [-0.39, 0.29) is 17.8 Å². The number of nitrogens with zero attached hydrogens (tertiary/aromatic N) is 3. The van der Waals surface area contributed by atoms with E-state index in [2.05, 4.69) is 15.5 Å². The molecule has 3 rings (SSSR count). The molecule has 1 N–H and O–H groups in total. The van der Waals surface area contributed by atoms with Crippen molar-refractivity contribution >= 4 is 58.2 Å². The Morgan fingerprint density at radius 2 is 1.90 bits per heavy atom. The fraction of sp³-hybridized carbons (Fsp3) is 0.286. The van der Waals surface area contributed by atoms with Crippen LogP contribution in [0.4, 0.5) is 5.69 Å². The van der Waals surface area contributed by atoms with Crippen LogP contribution in [0.25, 0.3) is 0 Å². The van der Waals surface area contributed by atoms with Gasteiger partial charge in [-0.1, -0.05) is 46.6 Å². The monoisotopic (exact) mass is 498 g/mol. The molecule has 0 bridgehead atoms. The van der Waals surface area contributed by atoms with Gasteiger partial charge in [0.05, 0.1) is 16.5 Å². The van der Waals surface area contributed by atoms with E-state index in [4.69, 9.17) is 39.5 Å². The minimum Gasteiger partial charge on any atom is -0.483 e. The van der Waals surface area contributed by atoms with Gasteiger partial charge >= 0.3 is 0 Å². The van der Waals surface area contributed by atoms with Crippen LogP contribution in [0.15, 0.2) is 41.6 Å². The maximum atomic E-state index is 12.4. The average Bonchev–Trinajstić information content (AvgIpc) is 3.15. The van der Waals surface area contributed by atoms with Crippen molar-refractivity contribution in [2.75, 3.05) is 11.1 Å². The molecule has 1 heterocycles. The van der Waals surface area contributed by atoms with Crippen LogP contribution in [0.1, 0.15) is 31.3 Å². The van der Waals surface area contributed by atoms with Gasteiger partial charge in [-0.3, -0.25) is 4.79 Å². The molecule has 0 saturated carbocycles. The minimum atomic E-state index is -0.332. The molecule has 3 aromatic rings. The molecule has 10 heteroatoms. The van der Waals surface area contributed by atoms with E-state index in [1.54, 1.807) is 24.3 Å². The highest BCUT2D eigenvalue weighted by Crippen LogP contribution is 2.28. The highest BCUT2D eigenvalue weighted by Gasteiger charge is 2.20. The Morgan fingerprint density at radius 3 is 2.61 bits per heavy atom. The van der Waals surface area contributed by atoms with E-state index in [1.807, 2.05) is 37.5 Å². The third kappa shape index (κ3) is 6.07. The van der Waals surface area contributed by atoms with E-state index in [9.17, 15) is 4.79 Å². The Hall–Kier alpha value is -1.93. The zero-order valence-electron chi connectivity index (χ0n) is 17.2. The van der Waals surface area contributed by atoms with Crippen LogP contribution >= 0.6 is 46.6 Å². The van der Waals surface area contributed by atoms with Crippen molar-refractivity contribution in [1.82, 2.24) is 14.8 Å². The van der Waals surface area contributed by atoms with Crippen LogP contribution in [0, 0.1) is 6.92 Å². The molecule has 1 unspecified atom stereocenters. The first-order valence-electron chi connectivity index (χ1n) is 9.52. The van der Waals surface area contributed by atoms with Crippen molar-refractivity contribution in [3.8, 4) is 5.75 Å². The summed E-state index contributed by atoms with van der Waals surface area (Å²) in [7, 11) is 0. The number of anilines is 1. The minimum absolute atomic E-state index is 0.145. The van der Waals surface area contributed by atoms with Crippen LogP contribution in [0.3, 0.4) is 0 Å². The fourth-order valence-corrected chi connectivity index (χ4v) is 4.13. The molecular weight excluding hydrogens is 479 g/mol. The van der Waals surface area contributed by atoms with Crippen molar-refractivity contribution in [2.24, 2.45) is 0 Å². The second-order valence-corrected chi connectivity index (χ2v) is 8.91. The first-order valence-corrected chi connectivity index (χ1v) is 11.6. The molecule has 0 spiro atoms. The summed E-state index contributed by atoms with van der Waals surface area (Å²) in [5.41, 5.74) is 1.41. The number of nitrogens with one attached hydrogen (secondary N) is 1. The Morgan fingerprint density at radius 1 is 1.16 bits per heavy atom. The molecular formula is C21H21Cl3N4O2S. The van der Waals surface area contributed by atoms with Crippen molar-refractivity contribution in [3.63, 3.8) is 0 Å². The lowest BCUT2D eigenvalue weighted by atomic mass is 10.2. The molecule has 0 aliphatic carbocycles. The van der Waals surface area contributed by atoms with Gasteiger partial charge in [0.15, 0.2) is 17.1 Å². The maximum absolute atomic E-state index is 12.4. The predicted molar refractivity (Wildman–Crippen MR) is 127 cm³/mol. The Balaban J connectivity index is 1.65. The SMILES string of the molecule is CCn1c(SCC(=O)Nc2cc(Cl)ccc2Cl)nnc1C(C)Oc1ccc(Cl)c(C)c1. The number of thioether (sulfide) groups is 1. The molecule has 0 radical (unpaired) electrons. The first kappa shape index (κ1) is 23.7. The molecule has 0 aliphatic heterocycles. The van der Waals surface area contributed by atoms with Crippen LogP contribution in [-0.2, 0) is 11.3 Å². The van der Waals surface area contributed by atoms with Gasteiger partial charge in [0.25, 0.3) is 0 Å². The summed E-state index contributed by atoms with van der Waals surface area (Å²) in [6.45, 7) is 6.45. The summed E-state index contributed by atoms with van der Waals surface area (Å²) in [5.74, 6) is 1.30. The van der Waals surface area contributed by atoms with Crippen molar-refractivity contribution in [3.05, 3.63) is 62.9 Å². The average molecular weight is 500 g/mol. The topological polar surface area (TPSA) is 69.0 Å². The third-order valence-corrected chi connectivity index (χ3v) is 6.36. The number of amides is 1. The van der Waals surface area contributed by atoms with Crippen molar-refractivity contribution < 1.29 is 9.53 Å². The summed E-state index contributed by atoms with van der Waals surface area (Å²) < 4.78 is 7.95. The number of rotatable bonds is 8. The third-order valence-electron chi connectivity index (χ3n) is 4.40. The van der Waals surface area contributed by atoms with Crippen LogP contribution in [0.5, 0.6) is 5.75 Å². The Labute approximate surface area is 200 Å². The predicted octanol–water partition coefficient (Wildman–Crippen LogP) is 6.44. The number of aryl methyl sites for hydroxylation is 1. The quantitative estimate of drug-likeness (QED) is 0.361. The van der Waals surface area contributed by atoms with E-state index in [0.29, 0.717) is 44.0 Å².